The van der Waals surface area contributed by atoms with Crippen molar-refractivity contribution in [3.8, 4) is 21.4 Å². The second-order valence-electron chi connectivity index (χ2n) is 4.93. The summed E-state index contributed by atoms with van der Waals surface area (Å²) >= 11 is 2.99. The third-order valence-corrected chi connectivity index (χ3v) is 5.59. The minimum atomic E-state index is -0.198. The van der Waals surface area contributed by atoms with E-state index in [2.05, 4.69) is 10.3 Å². The molecular weight excluding hydrogens is 344 g/mol. The number of thiazole rings is 1. The Morgan fingerprint density at radius 3 is 2.71 bits per heavy atom. The van der Waals surface area contributed by atoms with Gasteiger partial charge in [-0.1, -0.05) is 6.07 Å². The summed E-state index contributed by atoms with van der Waals surface area (Å²) in [6, 6.07) is 9.23. The summed E-state index contributed by atoms with van der Waals surface area (Å²) in [7, 11) is 3.14. The highest BCUT2D eigenvalue weighted by Crippen LogP contribution is 2.33. The van der Waals surface area contributed by atoms with E-state index in [1.165, 1.54) is 11.3 Å². The maximum Gasteiger partial charge on any atom is 0.267 e. The topological polar surface area (TPSA) is 60.5 Å². The van der Waals surface area contributed by atoms with Crippen molar-refractivity contribution < 1.29 is 14.3 Å². The van der Waals surface area contributed by atoms with Gasteiger partial charge in [0, 0.05) is 6.07 Å². The van der Waals surface area contributed by atoms with Crippen molar-refractivity contribution in [1.82, 2.24) is 4.98 Å². The Hall–Kier alpha value is -2.38. The molecule has 5 nitrogen and oxygen atoms in total. The summed E-state index contributed by atoms with van der Waals surface area (Å²) < 4.78 is 10.5. The summed E-state index contributed by atoms with van der Waals surface area (Å²) in [6.07, 6.45) is 0. The van der Waals surface area contributed by atoms with Crippen molar-refractivity contribution in [3.05, 3.63) is 46.3 Å². The molecular formula is C17H16N2O3S2. The second kappa shape index (κ2) is 7.02. The van der Waals surface area contributed by atoms with Crippen LogP contribution in [0.25, 0.3) is 9.88 Å². The van der Waals surface area contributed by atoms with E-state index in [1.807, 2.05) is 24.4 Å². The largest absolute Gasteiger partial charge is 0.497 e. The normalized spacial score (nSPS) is 10.5. The van der Waals surface area contributed by atoms with Gasteiger partial charge < -0.3 is 14.8 Å². The number of aromatic nitrogens is 1. The molecule has 7 heteroatoms. The summed E-state index contributed by atoms with van der Waals surface area (Å²) in [5.41, 5.74) is 1.31. The van der Waals surface area contributed by atoms with Crippen molar-refractivity contribution in [2.24, 2.45) is 0 Å². The number of carbonyl (C=O) groups excluding carboxylic acids is 1. The van der Waals surface area contributed by atoms with Gasteiger partial charge in [-0.15, -0.1) is 22.7 Å². The molecule has 3 aromatic rings. The van der Waals surface area contributed by atoms with Gasteiger partial charge in [0.2, 0.25) is 0 Å². The fourth-order valence-electron chi connectivity index (χ4n) is 2.19. The number of hydrogen-bond donors (Lipinski definition) is 1. The Morgan fingerprint density at radius 1 is 1.21 bits per heavy atom. The minimum Gasteiger partial charge on any atom is -0.497 e. The molecule has 24 heavy (non-hydrogen) atoms. The van der Waals surface area contributed by atoms with Crippen LogP contribution in [0.15, 0.2) is 35.7 Å². The lowest BCUT2D eigenvalue weighted by molar-refractivity contribution is 0.102. The minimum absolute atomic E-state index is 0.198. The van der Waals surface area contributed by atoms with Crippen molar-refractivity contribution in [2.75, 3.05) is 19.5 Å². The lowest BCUT2D eigenvalue weighted by Gasteiger charge is -2.11. The molecule has 0 atom stereocenters. The first kappa shape index (κ1) is 16.5. The lowest BCUT2D eigenvalue weighted by atomic mass is 10.2. The van der Waals surface area contributed by atoms with Gasteiger partial charge in [0.05, 0.1) is 30.5 Å². The summed E-state index contributed by atoms with van der Waals surface area (Å²) in [6.45, 7) is 1.84. The zero-order chi connectivity index (χ0) is 17.1. The lowest BCUT2D eigenvalue weighted by Crippen LogP contribution is -2.12. The zero-order valence-electron chi connectivity index (χ0n) is 13.5. The number of ether oxygens (including phenoxy) is 2. The second-order valence-corrected chi connectivity index (χ2v) is 6.88. The molecule has 0 aliphatic heterocycles. The molecule has 0 spiro atoms. The number of hydrogen-bond acceptors (Lipinski definition) is 6. The van der Waals surface area contributed by atoms with Crippen LogP contribution in [0.5, 0.6) is 11.5 Å². The maximum atomic E-state index is 12.6. The van der Waals surface area contributed by atoms with Crippen LogP contribution < -0.4 is 14.8 Å². The molecule has 0 aliphatic rings. The summed E-state index contributed by atoms with van der Waals surface area (Å²) in [4.78, 5) is 18.8. The van der Waals surface area contributed by atoms with Gasteiger partial charge in [-0.3, -0.25) is 4.79 Å². The van der Waals surface area contributed by atoms with E-state index >= 15 is 0 Å². The van der Waals surface area contributed by atoms with Crippen LogP contribution in [0.4, 0.5) is 5.69 Å². The Kier molecular flexibility index (Phi) is 4.82. The molecule has 2 aromatic heterocycles. The van der Waals surface area contributed by atoms with Gasteiger partial charge in [-0.25, -0.2) is 4.98 Å². The molecule has 0 saturated heterocycles. The van der Waals surface area contributed by atoms with Crippen LogP contribution in [0, 0.1) is 6.92 Å². The number of carbonyl (C=O) groups is 1. The van der Waals surface area contributed by atoms with Crippen LogP contribution >= 0.6 is 22.7 Å². The molecule has 1 N–H and O–H groups in total. The quantitative estimate of drug-likeness (QED) is 0.730. The third-order valence-electron chi connectivity index (χ3n) is 3.39. The number of amides is 1. The number of nitrogens with zero attached hydrogens (tertiary/aromatic N) is 1. The smallest absolute Gasteiger partial charge is 0.267 e. The van der Waals surface area contributed by atoms with Gasteiger partial charge >= 0.3 is 0 Å². The van der Waals surface area contributed by atoms with Crippen molar-refractivity contribution in [2.45, 2.75) is 6.92 Å². The zero-order valence-corrected chi connectivity index (χ0v) is 15.1. The van der Waals surface area contributed by atoms with Gasteiger partial charge in [-0.2, -0.15) is 0 Å². The Bertz CT molecular complexity index is 857. The van der Waals surface area contributed by atoms with Crippen molar-refractivity contribution >= 4 is 34.3 Å². The molecule has 0 bridgehead atoms. The molecule has 124 valence electrons. The van der Waals surface area contributed by atoms with Crippen molar-refractivity contribution in [1.29, 1.82) is 0 Å². The Morgan fingerprint density at radius 2 is 2.04 bits per heavy atom. The summed E-state index contributed by atoms with van der Waals surface area (Å²) in [5, 5.41) is 5.73. The number of anilines is 1. The third kappa shape index (κ3) is 3.27. The summed E-state index contributed by atoms with van der Waals surface area (Å²) in [5.74, 6) is 1.01. The van der Waals surface area contributed by atoms with Crippen LogP contribution in [-0.2, 0) is 0 Å². The number of nitrogens with one attached hydrogen (secondary N) is 1. The average molecular weight is 360 g/mol. The molecule has 0 radical (unpaired) electrons. The number of rotatable bonds is 5. The highest BCUT2D eigenvalue weighted by molar-refractivity contribution is 7.22. The van der Waals surface area contributed by atoms with Crippen molar-refractivity contribution in [3.63, 3.8) is 0 Å². The standard InChI is InChI=1S/C17H16N2O3S2/c1-10-15(24-17(18-10)14-5-4-8-23-14)16(20)19-12-7-6-11(21-2)9-13(12)22-3/h4-9H,1-3H3,(H,19,20). The van der Waals surface area contributed by atoms with Crippen LogP contribution in [0.2, 0.25) is 0 Å². The molecule has 1 amide bonds. The van der Waals surface area contributed by atoms with Gasteiger partial charge in [0.15, 0.2) is 0 Å². The maximum absolute atomic E-state index is 12.6. The number of aryl methyl sites for hydroxylation is 1. The SMILES string of the molecule is COc1ccc(NC(=O)c2sc(-c3cccs3)nc2C)c(OC)c1. The highest BCUT2D eigenvalue weighted by Gasteiger charge is 2.18. The average Bonchev–Trinajstić information content (AvgIpc) is 3.24. The first-order valence-corrected chi connectivity index (χ1v) is 8.86. The predicted molar refractivity (Wildman–Crippen MR) is 97.7 cm³/mol. The molecule has 0 saturated carbocycles. The molecule has 2 heterocycles. The van der Waals surface area contributed by atoms with Gasteiger partial charge in [0.25, 0.3) is 5.91 Å². The molecule has 0 aliphatic carbocycles. The first-order chi connectivity index (χ1) is 11.6. The van der Waals surface area contributed by atoms with E-state index in [4.69, 9.17) is 9.47 Å². The van der Waals surface area contributed by atoms with Crippen LogP contribution in [0.1, 0.15) is 15.4 Å². The number of thiophene rings is 1. The molecule has 1 aromatic carbocycles. The van der Waals surface area contributed by atoms with E-state index in [9.17, 15) is 4.79 Å². The number of methoxy groups -OCH3 is 2. The molecule has 0 fully saturated rings. The van der Waals surface area contributed by atoms with E-state index in [-0.39, 0.29) is 5.91 Å². The fourth-order valence-corrected chi connectivity index (χ4v) is 3.95. The molecule has 0 unspecified atom stereocenters. The van der Waals surface area contributed by atoms with Crippen LogP contribution in [-0.4, -0.2) is 25.1 Å². The van der Waals surface area contributed by atoms with E-state index in [1.54, 1.807) is 43.8 Å². The predicted octanol–water partition coefficient (Wildman–Crippen LogP) is 4.45. The number of benzene rings is 1. The Labute approximate surface area is 147 Å². The monoisotopic (exact) mass is 360 g/mol. The first-order valence-electron chi connectivity index (χ1n) is 7.17. The van der Waals surface area contributed by atoms with E-state index < -0.39 is 0 Å². The Balaban J connectivity index is 1.85. The van der Waals surface area contributed by atoms with Gasteiger partial charge in [0.1, 0.15) is 21.4 Å². The van der Waals surface area contributed by atoms with Crippen LogP contribution in [0.3, 0.4) is 0 Å². The highest BCUT2D eigenvalue weighted by atomic mass is 32.1. The molecule has 3 rings (SSSR count). The fraction of sp³-hybridized carbons (Fsp3) is 0.176. The van der Waals surface area contributed by atoms with E-state index in [0.717, 1.165) is 9.88 Å². The van der Waals surface area contributed by atoms with E-state index in [0.29, 0.717) is 27.8 Å². The van der Waals surface area contributed by atoms with Gasteiger partial charge in [-0.05, 0) is 30.5 Å².